The van der Waals surface area contributed by atoms with Crippen LogP contribution in [0.2, 0.25) is 0 Å². The Balaban J connectivity index is 1.49. The van der Waals surface area contributed by atoms with Crippen LogP contribution in [-0.4, -0.2) is 28.6 Å². The van der Waals surface area contributed by atoms with E-state index in [1.807, 2.05) is 6.07 Å². The second-order valence-corrected chi connectivity index (χ2v) is 8.30. The first-order chi connectivity index (χ1) is 15.6. The van der Waals surface area contributed by atoms with Crippen molar-refractivity contribution in [2.75, 3.05) is 13.2 Å². The molecule has 0 saturated carbocycles. The molecule has 0 aliphatic carbocycles. The van der Waals surface area contributed by atoms with E-state index in [4.69, 9.17) is 9.72 Å². The standard InChI is InChI=1S/C27H35N3O2/c1-4-27(31)28-17-9-5-6-14-26-29-23-12-7-8-13-24(23)30(26)18-10-11-19-32-25-20-21(2)15-16-22(25)3/h4,7-8,12-13,15-16,20H,1,5-6,9-11,14,17-19H2,2-3H3,(H,28,31). The molecular weight excluding hydrogens is 398 g/mol. The number of carbonyl (C=O) groups excluding carboxylic acids is 1. The molecule has 2 aromatic carbocycles. The molecule has 0 aliphatic heterocycles. The van der Waals surface area contributed by atoms with Gasteiger partial charge < -0.3 is 14.6 Å². The number of fused-ring (bicyclic) bond motifs is 1. The van der Waals surface area contributed by atoms with Gasteiger partial charge in [-0.2, -0.15) is 0 Å². The van der Waals surface area contributed by atoms with Crippen LogP contribution >= 0.6 is 0 Å². The zero-order chi connectivity index (χ0) is 22.8. The molecule has 0 fully saturated rings. The quantitative estimate of drug-likeness (QED) is 0.285. The molecule has 3 rings (SSSR count). The zero-order valence-corrected chi connectivity index (χ0v) is 19.4. The Morgan fingerprint density at radius 2 is 1.94 bits per heavy atom. The SMILES string of the molecule is C=CC(=O)NCCCCCc1nc2ccccc2n1CCCCOc1cc(C)ccc1C. The van der Waals surface area contributed by atoms with Gasteiger partial charge in [0, 0.05) is 19.5 Å². The van der Waals surface area contributed by atoms with Crippen LogP contribution in [0.15, 0.2) is 55.1 Å². The number of hydrogen-bond acceptors (Lipinski definition) is 3. The maximum absolute atomic E-state index is 11.2. The maximum atomic E-state index is 11.2. The highest BCUT2D eigenvalue weighted by atomic mass is 16.5. The third kappa shape index (κ3) is 6.71. The molecule has 0 bridgehead atoms. The Bertz CT molecular complexity index is 1040. The first-order valence-electron chi connectivity index (χ1n) is 11.6. The van der Waals surface area contributed by atoms with Gasteiger partial charge in [-0.05, 0) is 74.9 Å². The Hall–Kier alpha value is -3.08. The predicted octanol–water partition coefficient (Wildman–Crippen LogP) is 5.53. The molecule has 170 valence electrons. The number of rotatable bonds is 13. The molecule has 0 saturated heterocycles. The first kappa shape index (κ1) is 23.6. The molecule has 5 nitrogen and oxygen atoms in total. The molecule has 0 spiro atoms. The Kier molecular flexibility index (Phi) is 8.90. The molecule has 0 atom stereocenters. The monoisotopic (exact) mass is 433 g/mol. The number of aromatic nitrogens is 2. The van der Waals surface area contributed by atoms with E-state index in [2.05, 4.69) is 66.7 Å². The average Bonchev–Trinajstić information content (AvgIpc) is 3.15. The zero-order valence-electron chi connectivity index (χ0n) is 19.4. The van der Waals surface area contributed by atoms with Crippen molar-refractivity contribution in [3.05, 3.63) is 72.1 Å². The molecule has 0 unspecified atom stereocenters. The van der Waals surface area contributed by atoms with Crippen molar-refractivity contribution in [3.8, 4) is 5.75 Å². The molecule has 32 heavy (non-hydrogen) atoms. The average molecular weight is 434 g/mol. The van der Waals surface area contributed by atoms with Crippen LogP contribution in [0.1, 0.15) is 49.1 Å². The minimum Gasteiger partial charge on any atom is -0.493 e. The largest absolute Gasteiger partial charge is 0.493 e. The van der Waals surface area contributed by atoms with Gasteiger partial charge in [0.2, 0.25) is 5.91 Å². The Morgan fingerprint density at radius 1 is 1.09 bits per heavy atom. The molecule has 5 heteroatoms. The smallest absolute Gasteiger partial charge is 0.243 e. The Morgan fingerprint density at radius 3 is 2.78 bits per heavy atom. The summed E-state index contributed by atoms with van der Waals surface area (Å²) < 4.78 is 8.39. The van der Waals surface area contributed by atoms with Gasteiger partial charge in [0.15, 0.2) is 0 Å². The van der Waals surface area contributed by atoms with Crippen LogP contribution in [0, 0.1) is 13.8 Å². The van der Waals surface area contributed by atoms with E-state index in [0.717, 1.165) is 68.8 Å². The summed E-state index contributed by atoms with van der Waals surface area (Å²) in [6, 6.07) is 14.7. The number of aryl methyl sites for hydroxylation is 4. The van der Waals surface area contributed by atoms with Crippen molar-refractivity contribution in [2.24, 2.45) is 0 Å². The van der Waals surface area contributed by atoms with Crippen LogP contribution in [0.5, 0.6) is 5.75 Å². The molecule has 0 radical (unpaired) electrons. The van der Waals surface area contributed by atoms with Crippen LogP contribution < -0.4 is 10.1 Å². The third-order valence-electron chi connectivity index (χ3n) is 5.67. The number of nitrogens with zero attached hydrogens (tertiary/aromatic N) is 2. The fourth-order valence-corrected chi connectivity index (χ4v) is 3.85. The number of imidazole rings is 1. The van der Waals surface area contributed by atoms with Crippen molar-refractivity contribution in [1.29, 1.82) is 0 Å². The summed E-state index contributed by atoms with van der Waals surface area (Å²) in [5.74, 6) is 2.04. The molecule has 1 heterocycles. The first-order valence-corrected chi connectivity index (χ1v) is 11.6. The van der Waals surface area contributed by atoms with Crippen molar-refractivity contribution in [2.45, 2.75) is 58.9 Å². The molecule has 1 N–H and O–H groups in total. The predicted molar refractivity (Wildman–Crippen MR) is 131 cm³/mol. The number of nitrogens with one attached hydrogen (secondary N) is 1. The van der Waals surface area contributed by atoms with Crippen molar-refractivity contribution >= 4 is 16.9 Å². The van der Waals surface area contributed by atoms with E-state index in [-0.39, 0.29) is 5.91 Å². The third-order valence-corrected chi connectivity index (χ3v) is 5.67. The lowest BCUT2D eigenvalue weighted by Gasteiger charge is -2.12. The molecule has 0 aliphatic rings. The lowest BCUT2D eigenvalue weighted by molar-refractivity contribution is -0.116. The second-order valence-electron chi connectivity index (χ2n) is 8.30. The number of hydrogen-bond donors (Lipinski definition) is 1. The van der Waals surface area contributed by atoms with Crippen molar-refractivity contribution < 1.29 is 9.53 Å². The molecule has 1 amide bonds. The number of carbonyl (C=O) groups is 1. The van der Waals surface area contributed by atoms with E-state index in [0.29, 0.717) is 6.54 Å². The highest BCUT2D eigenvalue weighted by Crippen LogP contribution is 2.21. The molecular formula is C27H35N3O2. The maximum Gasteiger partial charge on any atom is 0.243 e. The van der Waals surface area contributed by atoms with Gasteiger partial charge in [0.1, 0.15) is 11.6 Å². The van der Waals surface area contributed by atoms with Gasteiger partial charge in [-0.15, -0.1) is 0 Å². The van der Waals surface area contributed by atoms with Crippen molar-refractivity contribution in [3.63, 3.8) is 0 Å². The Labute approximate surface area is 191 Å². The summed E-state index contributed by atoms with van der Waals surface area (Å²) in [5.41, 5.74) is 4.68. The topological polar surface area (TPSA) is 56.2 Å². The number of benzene rings is 2. The van der Waals surface area contributed by atoms with Gasteiger partial charge in [-0.1, -0.05) is 37.3 Å². The highest BCUT2D eigenvalue weighted by Gasteiger charge is 2.10. The van der Waals surface area contributed by atoms with Gasteiger partial charge in [-0.3, -0.25) is 4.79 Å². The fourth-order valence-electron chi connectivity index (χ4n) is 3.85. The summed E-state index contributed by atoms with van der Waals surface area (Å²) in [6.45, 7) is 10.0. The fraction of sp³-hybridized carbons (Fsp3) is 0.407. The normalized spacial score (nSPS) is 10.9. The van der Waals surface area contributed by atoms with Crippen LogP contribution in [-0.2, 0) is 17.8 Å². The van der Waals surface area contributed by atoms with E-state index in [1.165, 1.54) is 22.7 Å². The van der Waals surface area contributed by atoms with E-state index >= 15 is 0 Å². The lowest BCUT2D eigenvalue weighted by atomic mass is 10.1. The van der Waals surface area contributed by atoms with Gasteiger partial charge in [-0.25, -0.2) is 4.98 Å². The summed E-state index contributed by atoms with van der Waals surface area (Å²) in [7, 11) is 0. The minimum absolute atomic E-state index is 0.103. The number of ether oxygens (including phenoxy) is 1. The van der Waals surface area contributed by atoms with E-state index in [9.17, 15) is 4.79 Å². The van der Waals surface area contributed by atoms with Gasteiger partial charge in [0.25, 0.3) is 0 Å². The summed E-state index contributed by atoms with van der Waals surface area (Å²) >= 11 is 0. The summed E-state index contributed by atoms with van der Waals surface area (Å²) in [6.07, 6.45) is 7.40. The number of unbranched alkanes of at least 4 members (excludes halogenated alkanes) is 3. The lowest BCUT2D eigenvalue weighted by Crippen LogP contribution is -2.21. The van der Waals surface area contributed by atoms with E-state index in [1.54, 1.807) is 0 Å². The van der Waals surface area contributed by atoms with E-state index < -0.39 is 0 Å². The number of para-hydroxylation sites is 2. The molecule has 3 aromatic rings. The van der Waals surface area contributed by atoms with Gasteiger partial charge >= 0.3 is 0 Å². The summed E-state index contributed by atoms with van der Waals surface area (Å²) in [5, 5.41) is 2.83. The van der Waals surface area contributed by atoms with Crippen LogP contribution in [0.3, 0.4) is 0 Å². The molecule has 1 aromatic heterocycles. The van der Waals surface area contributed by atoms with Gasteiger partial charge in [0.05, 0.1) is 17.6 Å². The van der Waals surface area contributed by atoms with Crippen molar-refractivity contribution in [1.82, 2.24) is 14.9 Å². The minimum atomic E-state index is -0.103. The second kappa shape index (κ2) is 12.1. The number of amides is 1. The summed E-state index contributed by atoms with van der Waals surface area (Å²) in [4.78, 5) is 16.1. The van der Waals surface area contributed by atoms with Crippen LogP contribution in [0.4, 0.5) is 0 Å². The highest BCUT2D eigenvalue weighted by molar-refractivity contribution is 5.86. The van der Waals surface area contributed by atoms with Crippen LogP contribution in [0.25, 0.3) is 11.0 Å².